The lowest BCUT2D eigenvalue weighted by Gasteiger charge is -2.24. The highest BCUT2D eigenvalue weighted by atomic mass is 16.5. The lowest BCUT2D eigenvalue weighted by atomic mass is 10.2. The Morgan fingerprint density at radius 1 is 1.25 bits per heavy atom. The molecule has 0 unspecified atom stereocenters. The van der Waals surface area contributed by atoms with Gasteiger partial charge in [-0.2, -0.15) is 5.10 Å². The molecule has 0 bridgehead atoms. The summed E-state index contributed by atoms with van der Waals surface area (Å²) in [6, 6.07) is 10.3. The van der Waals surface area contributed by atoms with Crippen LogP contribution in [0.5, 0.6) is 0 Å². The molecule has 4 rings (SSSR count). The topological polar surface area (TPSA) is 56.9 Å². The van der Waals surface area contributed by atoms with Crippen LogP contribution in [0.3, 0.4) is 0 Å². The predicted octanol–water partition coefficient (Wildman–Crippen LogP) is 1.97. The maximum atomic E-state index is 5.93. The number of ether oxygens (including phenoxy) is 1. The number of benzene rings is 1. The molecular formula is C18H21N5O. The SMILES string of the molecule is Cn1cc(CNC[C@H]2Cn3cc(-c4ccccc4)nc3CO2)cn1. The maximum absolute atomic E-state index is 5.93. The fraction of sp³-hybridized carbons (Fsp3) is 0.333. The Morgan fingerprint density at radius 3 is 2.92 bits per heavy atom. The van der Waals surface area contributed by atoms with Crippen LogP contribution in [0, 0.1) is 0 Å². The third-order valence-corrected chi connectivity index (χ3v) is 4.24. The van der Waals surface area contributed by atoms with Crippen LogP contribution in [0.4, 0.5) is 0 Å². The molecule has 0 radical (unpaired) electrons. The van der Waals surface area contributed by atoms with Crippen LogP contribution < -0.4 is 5.32 Å². The van der Waals surface area contributed by atoms with E-state index in [2.05, 4.69) is 33.3 Å². The van der Waals surface area contributed by atoms with Gasteiger partial charge in [-0.1, -0.05) is 30.3 Å². The Bertz CT molecular complexity index is 808. The molecule has 1 aliphatic rings. The molecular weight excluding hydrogens is 302 g/mol. The number of aromatic nitrogens is 4. The first-order valence-electron chi connectivity index (χ1n) is 8.19. The minimum atomic E-state index is 0.159. The Labute approximate surface area is 141 Å². The predicted molar refractivity (Wildman–Crippen MR) is 91.2 cm³/mol. The van der Waals surface area contributed by atoms with Crippen LogP contribution in [0.2, 0.25) is 0 Å². The van der Waals surface area contributed by atoms with Crippen LogP contribution >= 0.6 is 0 Å². The van der Waals surface area contributed by atoms with Crippen molar-refractivity contribution in [3.8, 4) is 11.3 Å². The first kappa shape index (κ1) is 15.1. The second-order valence-corrected chi connectivity index (χ2v) is 6.15. The van der Waals surface area contributed by atoms with Gasteiger partial charge >= 0.3 is 0 Å². The number of nitrogens with one attached hydrogen (secondary N) is 1. The molecule has 0 aliphatic carbocycles. The van der Waals surface area contributed by atoms with E-state index in [9.17, 15) is 0 Å². The van der Waals surface area contributed by atoms with Gasteiger partial charge in [0, 0.05) is 43.7 Å². The number of imidazole rings is 1. The number of hydrogen-bond acceptors (Lipinski definition) is 4. The molecule has 6 nitrogen and oxygen atoms in total. The van der Waals surface area contributed by atoms with E-state index in [4.69, 9.17) is 9.72 Å². The minimum absolute atomic E-state index is 0.159. The van der Waals surface area contributed by atoms with Crippen molar-refractivity contribution in [1.82, 2.24) is 24.6 Å². The maximum Gasteiger partial charge on any atom is 0.135 e. The van der Waals surface area contributed by atoms with Gasteiger partial charge in [-0.3, -0.25) is 4.68 Å². The molecule has 24 heavy (non-hydrogen) atoms. The molecule has 6 heteroatoms. The Hall–Kier alpha value is -2.44. The monoisotopic (exact) mass is 323 g/mol. The molecule has 2 aromatic heterocycles. The van der Waals surface area contributed by atoms with Gasteiger partial charge in [0.1, 0.15) is 12.4 Å². The van der Waals surface area contributed by atoms with Crippen LogP contribution in [0.1, 0.15) is 11.4 Å². The number of aryl methyl sites for hydroxylation is 1. The molecule has 0 saturated heterocycles. The van der Waals surface area contributed by atoms with Crippen molar-refractivity contribution < 1.29 is 4.74 Å². The van der Waals surface area contributed by atoms with Crippen LogP contribution in [0.15, 0.2) is 48.9 Å². The van der Waals surface area contributed by atoms with Crippen LogP contribution in [-0.4, -0.2) is 32.0 Å². The zero-order valence-corrected chi connectivity index (χ0v) is 13.7. The third-order valence-electron chi connectivity index (χ3n) is 4.24. The molecule has 1 aromatic carbocycles. The molecule has 3 heterocycles. The summed E-state index contributed by atoms with van der Waals surface area (Å²) in [5.41, 5.74) is 3.34. The van der Waals surface area contributed by atoms with Gasteiger partial charge in [0.05, 0.1) is 24.5 Å². The second-order valence-electron chi connectivity index (χ2n) is 6.15. The highest BCUT2D eigenvalue weighted by Crippen LogP contribution is 2.21. The van der Waals surface area contributed by atoms with E-state index in [0.717, 1.165) is 36.7 Å². The normalized spacial score (nSPS) is 17.0. The lowest BCUT2D eigenvalue weighted by molar-refractivity contribution is 0.00278. The van der Waals surface area contributed by atoms with Crippen LogP contribution in [-0.2, 0) is 31.5 Å². The summed E-state index contributed by atoms with van der Waals surface area (Å²) in [6.45, 7) is 3.01. The van der Waals surface area contributed by atoms with Gasteiger partial charge in [0.15, 0.2) is 0 Å². The Balaban J connectivity index is 1.36. The summed E-state index contributed by atoms with van der Waals surface area (Å²) in [5, 5.41) is 7.62. The average molecular weight is 323 g/mol. The number of fused-ring (bicyclic) bond motifs is 1. The summed E-state index contributed by atoms with van der Waals surface area (Å²) >= 11 is 0. The zero-order chi connectivity index (χ0) is 16.4. The molecule has 3 aromatic rings. The highest BCUT2D eigenvalue weighted by molar-refractivity contribution is 5.58. The van der Waals surface area contributed by atoms with E-state index >= 15 is 0 Å². The number of hydrogen-bond donors (Lipinski definition) is 1. The van der Waals surface area contributed by atoms with Crippen molar-refractivity contribution in [2.45, 2.75) is 25.8 Å². The molecule has 1 aliphatic heterocycles. The standard InChI is InChI=1S/C18H21N5O/c1-22-10-14(8-20-22)7-19-9-16-11-23-12-17(21-18(23)13-24-16)15-5-3-2-4-6-15/h2-6,8,10,12,16,19H,7,9,11,13H2,1H3/t16-/m0/s1. The van der Waals surface area contributed by atoms with Crippen LogP contribution in [0.25, 0.3) is 11.3 Å². The van der Waals surface area contributed by atoms with E-state index in [-0.39, 0.29) is 6.10 Å². The van der Waals surface area contributed by atoms with E-state index in [1.807, 2.05) is 42.3 Å². The van der Waals surface area contributed by atoms with Gasteiger partial charge in [0.25, 0.3) is 0 Å². The smallest absolute Gasteiger partial charge is 0.135 e. The van der Waals surface area contributed by atoms with Gasteiger partial charge in [-0.05, 0) is 0 Å². The number of nitrogens with zero attached hydrogens (tertiary/aromatic N) is 4. The van der Waals surface area contributed by atoms with E-state index in [0.29, 0.717) is 6.61 Å². The van der Waals surface area contributed by atoms with Crippen molar-refractivity contribution in [3.63, 3.8) is 0 Å². The summed E-state index contributed by atoms with van der Waals surface area (Å²) in [5.74, 6) is 0.998. The van der Waals surface area contributed by atoms with E-state index < -0.39 is 0 Å². The second kappa shape index (κ2) is 6.59. The molecule has 0 fully saturated rings. The number of rotatable bonds is 5. The fourth-order valence-corrected chi connectivity index (χ4v) is 3.00. The molecule has 1 atom stereocenters. The van der Waals surface area contributed by atoms with Gasteiger partial charge < -0.3 is 14.6 Å². The zero-order valence-electron chi connectivity index (χ0n) is 13.7. The summed E-state index contributed by atoms with van der Waals surface area (Å²) < 4.78 is 9.96. The molecule has 0 spiro atoms. The molecule has 0 amide bonds. The van der Waals surface area contributed by atoms with Gasteiger partial charge in [0.2, 0.25) is 0 Å². The minimum Gasteiger partial charge on any atom is -0.367 e. The first-order chi connectivity index (χ1) is 11.8. The summed E-state index contributed by atoms with van der Waals surface area (Å²) in [7, 11) is 1.93. The highest BCUT2D eigenvalue weighted by Gasteiger charge is 2.21. The van der Waals surface area contributed by atoms with Crippen molar-refractivity contribution >= 4 is 0 Å². The quantitative estimate of drug-likeness (QED) is 0.780. The largest absolute Gasteiger partial charge is 0.367 e. The molecule has 124 valence electrons. The Kier molecular flexibility index (Phi) is 4.15. The average Bonchev–Trinajstić information content (AvgIpc) is 3.21. The van der Waals surface area contributed by atoms with Crippen molar-refractivity contribution in [2.24, 2.45) is 7.05 Å². The van der Waals surface area contributed by atoms with Gasteiger partial charge in [-0.25, -0.2) is 4.98 Å². The summed E-state index contributed by atoms with van der Waals surface area (Å²) in [4.78, 5) is 4.69. The van der Waals surface area contributed by atoms with E-state index in [1.54, 1.807) is 0 Å². The van der Waals surface area contributed by atoms with E-state index in [1.165, 1.54) is 5.56 Å². The van der Waals surface area contributed by atoms with Crippen molar-refractivity contribution in [3.05, 3.63) is 60.3 Å². The first-order valence-corrected chi connectivity index (χ1v) is 8.19. The fourth-order valence-electron chi connectivity index (χ4n) is 3.00. The van der Waals surface area contributed by atoms with Crippen molar-refractivity contribution in [1.29, 1.82) is 0 Å². The van der Waals surface area contributed by atoms with Gasteiger partial charge in [-0.15, -0.1) is 0 Å². The Morgan fingerprint density at radius 2 is 2.12 bits per heavy atom. The lowest BCUT2D eigenvalue weighted by Crippen LogP contribution is -2.35. The van der Waals surface area contributed by atoms with Crippen molar-refractivity contribution in [2.75, 3.05) is 6.54 Å². The summed E-state index contributed by atoms with van der Waals surface area (Å²) in [6.07, 6.45) is 6.19. The molecule has 0 saturated carbocycles. The third kappa shape index (κ3) is 3.25. The molecule has 1 N–H and O–H groups in total.